The van der Waals surface area contributed by atoms with Crippen molar-refractivity contribution in [3.63, 3.8) is 0 Å². The Morgan fingerprint density at radius 3 is 1.76 bits per heavy atom. The lowest BCUT2D eigenvalue weighted by molar-refractivity contribution is -0.393. The van der Waals surface area contributed by atoms with E-state index in [0.29, 0.717) is 0 Å². The van der Waals surface area contributed by atoms with Crippen LogP contribution >= 0.6 is 0 Å². The first-order chi connectivity index (χ1) is 20.0. The molecular weight excluding hydrogens is 558 g/mol. The van der Waals surface area contributed by atoms with Crippen LogP contribution in [0.5, 0.6) is 0 Å². The van der Waals surface area contributed by atoms with Gasteiger partial charge in [0.15, 0.2) is 11.8 Å². The highest BCUT2D eigenvalue weighted by Crippen LogP contribution is 2.30. The van der Waals surface area contributed by atoms with Crippen molar-refractivity contribution in [1.82, 2.24) is 0 Å². The third-order valence-electron chi connectivity index (χ3n) is 5.60. The number of nitro groups is 4. The summed E-state index contributed by atoms with van der Waals surface area (Å²) in [5.41, 5.74) is 2.41. The Balaban J connectivity index is 1.74. The van der Waals surface area contributed by atoms with Crippen LogP contribution < -0.4 is 10.9 Å². The molecule has 1 heterocycles. The lowest BCUT2D eigenvalue weighted by atomic mass is 10.1. The molecule has 212 valence electrons. The summed E-state index contributed by atoms with van der Waals surface area (Å²) in [5.74, 6) is -0.520. The molecule has 0 unspecified atom stereocenters. The topological polar surface area (TPSA) is 254 Å². The molecule has 3 aromatic carbocycles. The number of hydrogen-bond acceptors (Lipinski definition) is 14. The van der Waals surface area contributed by atoms with E-state index >= 15 is 0 Å². The molecule has 1 saturated heterocycles. The van der Waals surface area contributed by atoms with Crippen LogP contribution in [-0.2, 0) is 4.74 Å². The average molecular weight is 575 g/mol. The second-order valence-corrected chi connectivity index (χ2v) is 8.25. The number of nitrogens with one attached hydrogen (secondary N) is 3. The van der Waals surface area contributed by atoms with Crippen LogP contribution in [0.1, 0.15) is 5.56 Å². The molecular formula is C24H17N9O9. The zero-order valence-corrected chi connectivity index (χ0v) is 20.9. The van der Waals surface area contributed by atoms with Crippen molar-refractivity contribution in [2.45, 2.75) is 6.10 Å². The Labute approximate surface area is 233 Å². The highest BCUT2D eigenvalue weighted by molar-refractivity contribution is 6.70. The van der Waals surface area contributed by atoms with Crippen LogP contribution in [0, 0.1) is 45.9 Å². The van der Waals surface area contributed by atoms with E-state index in [0.717, 1.165) is 42.0 Å². The first-order valence-corrected chi connectivity index (χ1v) is 11.6. The summed E-state index contributed by atoms with van der Waals surface area (Å²) < 4.78 is 5.55. The number of nitro benzene ring substituents is 4. The van der Waals surface area contributed by atoms with Crippen molar-refractivity contribution >= 4 is 57.5 Å². The first-order valence-electron chi connectivity index (χ1n) is 11.6. The predicted octanol–water partition coefficient (Wildman–Crippen LogP) is 4.64. The third-order valence-corrected chi connectivity index (χ3v) is 5.60. The monoisotopic (exact) mass is 575 g/mol. The van der Waals surface area contributed by atoms with E-state index in [1.54, 1.807) is 36.4 Å². The normalized spacial score (nSPS) is 16.4. The molecule has 0 bridgehead atoms. The van der Waals surface area contributed by atoms with Gasteiger partial charge in [0.25, 0.3) is 11.4 Å². The van der Waals surface area contributed by atoms with E-state index in [2.05, 4.69) is 21.1 Å². The quantitative estimate of drug-likeness (QED) is 0.221. The van der Waals surface area contributed by atoms with Gasteiger partial charge in [0.05, 0.1) is 31.8 Å². The van der Waals surface area contributed by atoms with Gasteiger partial charge in [0.2, 0.25) is 5.90 Å². The lowest BCUT2D eigenvalue weighted by Crippen LogP contribution is -2.22. The summed E-state index contributed by atoms with van der Waals surface area (Å²) in [6.45, 7) is 0. The molecule has 18 nitrogen and oxygen atoms in total. The molecule has 1 aliphatic heterocycles. The maximum absolute atomic E-state index is 11.5. The summed E-state index contributed by atoms with van der Waals surface area (Å²) >= 11 is 0. The van der Waals surface area contributed by atoms with E-state index in [4.69, 9.17) is 10.1 Å². The second-order valence-electron chi connectivity index (χ2n) is 8.25. The fraction of sp³-hybridized carbons (Fsp3) is 0.0417. The lowest BCUT2D eigenvalue weighted by Gasteiger charge is -2.07. The van der Waals surface area contributed by atoms with Gasteiger partial charge < -0.3 is 4.74 Å². The summed E-state index contributed by atoms with van der Waals surface area (Å²) in [5, 5.41) is 61.5. The van der Waals surface area contributed by atoms with Crippen LogP contribution in [0.15, 0.2) is 83.0 Å². The standard InChI is InChI=1S/C24H17N9O9/c25-24-23(29-27-18-10-8-16(31(36)37)13-20(18)33(40)41)22(21(42-24)11-6-14-4-2-1-3-5-14)28-26-17-9-7-15(30(34)35)12-19(17)32(38)39/h1-13,21,25-27H/b11-6+,25-24?,28-22+,29-23+/t21-/m1/s1. The van der Waals surface area contributed by atoms with Crippen molar-refractivity contribution in [3.05, 3.63) is 119 Å². The molecule has 1 fully saturated rings. The Kier molecular flexibility index (Phi) is 8.17. The average Bonchev–Trinajstić information content (AvgIpc) is 3.27. The van der Waals surface area contributed by atoms with Crippen molar-refractivity contribution < 1.29 is 24.4 Å². The number of hydrazone groups is 2. The van der Waals surface area contributed by atoms with Crippen molar-refractivity contribution in [1.29, 1.82) is 5.41 Å². The highest BCUT2D eigenvalue weighted by Gasteiger charge is 2.35. The minimum atomic E-state index is -1.06. The number of non-ortho nitro benzene ring substituents is 2. The molecule has 0 aromatic heterocycles. The van der Waals surface area contributed by atoms with Gasteiger partial charge in [0, 0.05) is 12.1 Å². The fourth-order valence-corrected chi connectivity index (χ4v) is 3.60. The fourth-order valence-electron chi connectivity index (χ4n) is 3.60. The van der Waals surface area contributed by atoms with E-state index in [1.807, 2.05) is 0 Å². The van der Waals surface area contributed by atoms with Crippen molar-refractivity contribution in [2.75, 3.05) is 10.9 Å². The summed E-state index contributed by atoms with van der Waals surface area (Å²) in [6.07, 6.45) is 2.11. The second kappa shape index (κ2) is 12.1. The number of nitrogens with zero attached hydrogens (tertiary/aromatic N) is 6. The molecule has 0 spiro atoms. The van der Waals surface area contributed by atoms with Gasteiger partial charge in [-0.05, 0) is 23.8 Å². The zero-order valence-electron chi connectivity index (χ0n) is 20.9. The number of benzene rings is 3. The van der Waals surface area contributed by atoms with Crippen LogP contribution in [0.25, 0.3) is 6.08 Å². The number of hydrogen-bond donors (Lipinski definition) is 3. The Morgan fingerprint density at radius 1 is 0.738 bits per heavy atom. The molecule has 1 atom stereocenters. The first kappa shape index (κ1) is 28.4. The minimum Gasteiger partial charge on any atom is -0.462 e. The van der Waals surface area contributed by atoms with E-state index in [1.165, 1.54) is 6.08 Å². The molecule has 0 aliphatic carbocycles. The molecule has 3 N–H and O–H groups in total. The van der Waals surface area contributed by atoms with Gasteiger partial charge in [-0.15, -0.1) is 0 Å². The smallest absolute Gasteiger partial charge is 0.301 e. The van der Waals surface area contributed by atoms with Gasteiger partial charge in [-0.3, -0.25) is 56.7 Å². The van der Waals surface area contributed by atoms with Crippen molar-refractivity contribution in [3.8, 4) is 0 Å². The van der Waals surface area contributed by atoms with Gasteiger partial charge in [0.1, 0.15) is 17.1 Å². The minimum absolute atomic E-state index is 0.0862. The van der Waals surface area contributed by atoms with Gasteiger partial charge in [-0.2, -0.15) is 10.2 Å². The third kappa shape index (κ3) is 6.34. The van der Waals surface area contributed by atoms with Crippen LogP contribution in [0.2, 0.25) is 0 Å². The van der Waals surface area contributed by atoms with Crippen LogP contribution in [0.3, 0.4) is 0 Å². The molecule has 0 radical (unpaired) electrons. The molecule has 3 aromatic rings. The summed E-state index contributed by atoms with van der Waals surface area (Å²) in [4.78, 5) is 41.8. The Hall–Kier alpha value is -6.59. The van der Waals surface area contributed by atoms with E-state index in [9.17, 15) is 40.5 Å². The Morgan fingerprint density at radius 2 is 1.26 bits per heavy atom. The van der Waals surface area contributed by atoms with Crippen LogP contribution in [0.4, 0.5) is 34.1 Å². The molecule has 18 heteroatoms. The highest BCUT2D eigenvalue weighted by atomic mass is 16.6. The van der Waals surface area contributed by atoms with Crippen molar-refractivity contribution in [2.24, 2.45) is 10.2 Å². The number of ether oxygens (including phenoxy) is 1. The van der Waals surface area contributed by atoms with E-state index in [-0.39, 0.29) is 22.8 Å². The van der Waals surface area contributed by atoms with Gasteiger partial charge in [-0.25, -0.2) is 0 Å². The SMILES string of the molecule is N=C1O[C@H](/C=C/c2ccccc2)C(=N\Nc2ccc([N+](=O)[O-])cc2[N+](=O)[O-])/C1=N\Nc1ccc([N+](=O)[O-])cc1[N+](=O)[O-]. The van der Waals surface area contributed by atoms with E-state index < -0.39 is 54.4 Å². The molecule has 0 amide bonds. The largest absolute Gasteiger partial charge is 0.462 e. The number of rotatable bonds is 10. The zero-order chi connectivity index (χ0) is 30.4. The molecule has 1 aliphatic rings. The molecule has 4 rings (SSSR count). The summed E-state index contributed by atoms with van der Waals surface area (Å²) in [6, 6.07) is 14.6. The maximum atomic E-state index is 11.5. The van der Waals surface area contributed by atoms with Gasteiger partial charge in [-0.1, -0.05) is 36.4 Å². The Bertz CT molecular complexity index is 1700. The predicted molar refractivity (Wildman–Crippen MR) is 150 cm³/mol. The molecule has 42 heavy (non-hydrogen) atoms. The van der Waals surface area contributed by atoms with Crippen LogP contribution in [-0.4, -0.2) is 43.1 Å². The molecule has 0 saturated carbocycles. The summed E-state index contributed by atoms with van der Waals surface area (Å²) in [7, 11) is 0. The maximum Gasteiger partial charge on any atom is 0.301 e. The van der Waals surface area contributed by atoms with Gasteiger partial charge >= 0.3 is 11.4 Å². The number of anilines is 2.